The van der Waals surface area contributed by atoms with Gasteiger partial charge in [-0.2, -0.15) is 4.31 Å². The topological polar surface area (TPSA) is 84.9 Å². The first kappa shape index (κ1) is 26.5. The van der Waals surface area contributed by atoms with E-state index in [-0.39, 0.29) is 24.0 Å². The summed E-state index contributed by atoms with van der Waals surface area (Å²) in [5, 5.41) is 3.31. The molecule has 7 nitrogen and oxygen atoms in total. The highest BCUT2D eigenvalue weighted by atomic mass is 35.5. The van der Waals surface area contributed by atoms with Crippen LogP contribution in [0.5, 0.6) is 11.5 Å². The number of amides is 1. The Hall–Kier alpha value is -3.07. The second-order valence-corrected chi connectivity index (χ2v) is 10.5. The molecule has 0 saturated heterocycles. The van der Waals surface area contributed by atoms with Crippen molar-refractivity contribution in [2.24, 2.45) is 0 Å². The van der Waals surface area contributed by atoms with Gasteiger partial charge < -0.3 is 14.8 Å². The molecule has 1 amide bonds. The minimum absolute atomic E-state index is 0.0464. The first-order chi connectivity index (χ1) is 16.6. The molecule has 1 N–H and O–H groups in total. The number of hydrogen-bond donors (Lipinski definition) is 1. The molecule has 3 rings (SSSR count). The molecule has 0 aliphatic rings. The van der Waals surface area contributed by atoms with Crippen LogP contribution in [-0.4, -0.2) is 39.4 Å². The zero-order valence-electron chi connectivity index (χ0n) is 20.1. The van der Waals surface area contributed by atoms with Crippen molar-refractivity contribution in [1.82, 2.24) is 9.62 Å². The van der Waals surface area contributed by atoms with Crippen LogP contribution in [0.1, 0.15) is 29.7 Å². The summed E-state index contributed by atoms with van der Waals surface area (Å²) in [4.78, 5) is 13.1. The van der Waals surface area contributed by atoms with Gasteiger partial charge >= 0.3 is 0 Å². The van der Waals surface area contributed by atoms with Crippen molar-refractivity contribution in [2.75, 3.05) is 20.8 Å². The summed E-state index contributed by atoms with van der Waals surface area (Å²) in [6.07, 6.45) is 0. The molecule has 3 aromatic rings. The summed E-state index contributed by atoms with van der Waals surface area (Å²) in [5.74, 6) is 0.683. The number of carbonyl (C=O) groups is 1. The van der Waals surface area contributed by atoms with Crippen LogP contribution in [0.3, 0.4) is 0 Å². The summed E-state index contributed by atoms with van der Waals surface area (Å²) < 4.78 is 38.7. The number of aryl methyl sites for hydroxylation is 1. The molecular formula is C26H29ClN2O5S. The van der Waals surface area contributed by atoms with Gasteiger partial charge in [0.25, 0.3) is 0 Å². The first-order valence-corrected chi connectivity index (χ1v) is 12.8. The maximum Gasteiger partial charge on any atom is 0.243 e. The summed E-state index contributed by atoms with van der Waals surface area (Å²) in [6.45, 7) is 3.44. The average molecular weight is 517 g/mol. The smallest absolute Gasteiger partial charge is 0.243 e. The van der Waals surface area contributed by atoms with Gasteiger partial charge in [-0.25, -0.2) is 8.42 Å². The maximum absolute atomic E-state index is 13.5. The minimum atomic E-state index is -3.97. The van der Waals surface area contributed by atoms with E-state index in [1.807, 2.05) is 44.2 Å². The first-order valence-electron chi connectivity index (χ1n) is 11.0. The number of carbonyl (C=O) groups excluding carboxylic acids is 1. The van der Waals surface area contributed by atoms with E-state index in [1.54, 1.807) is 19.2 Å². The van der Waals surface area contributed by atoms with Crippen molar-refractivity contribution >= 4 is 27.5 Å². The van der Waals surface area contributed by atoms with Crippen LogP contribution in [-0.2, 0) is 21.4 Å². The molecule has 1 atom stereocenters. The van der Waals surface area contributed by atoms with Crippen LogP contribution in [0.4, 0.5) is 0 Å². The van der Waals surface area contributed by atoms with Gasteiger partial charge in [-0.15, -0.1) is 0 Å². The fourth-order valence-corrected chi connectivity index (χ4v) is 5.16. The van der Waals surface area contributed by atoms with E-state index >= 15 is 0 Å². The lowest BCUT2D eigenvalue weighted by Crippen LogP contribution is -2.41. The highest BCUT2D eigenvalue weighted by Crippen LogP contribution is 2.30. The zero-order valence-corrected chi connectivity index (χ0v) is 21.7. The molecule has 0 aliphatic carbocycles. The van der Waals surface area contributed by atoms with Crippen molar-refractivity contribution in [3.05, 3.63) is 88.4 Å². The third-order valence-corrected chi connectivity index (χ3v) is 7.56. The summed E-state index contributed by atoms with van der Waals surface area (Å²) in [7, 11) is -0.881. The summed E-state index contributed by atoms with van der Waals surface area (Å²) in [6, 6.07) is 18.4. The van der Waals surface area contributed by atoms with E-state index < -0.39 is 15.9 Å². The number of rotatable bonds is 10. The molecule has 9 heteroatoms. The highest BCUT2D eigenvalue weighted by Gasteiger charge is 2.27. The normalized spacial score (nSPS) is 12.3. The Morgan fingerprint density at radius 3 is 2.31 bits per heavy atom. The molecule has 0 radical (unpaired) electrons. The molecule has 0 saturated carbocycles. The number of hydrogen-bond acceptors (Lipinski definition) is 5. The van der Waals surface area contributed by atoms with Crippen molar-refractivity contribution in [2.45, 2.75) is 31.3 Å². The third-order valence-electron chi connectivity index (χ3n) is 5.50. The molecule has 0 heterocycles. The summed E-state index contributed by atoms with van der Waals surface area (Å²) >= 11 is 5.94. The number of nitrogens with one attached hydrogen (secondary N) is 1. The van der Waals surface area contributed by atoms with Crippen LogP contribution < -0.4 is 14.8 Å². The Balaban J connectivity index is 1.83. The van der Waals surface area contributed by atoms with Gasteiger partial charge in [-0.05, 0) is 61.4 Å². The van der Waals surface area contributed by atoms with Gasteiger partial charge in [0.05, 0.1) is 31.7 Å². The Bertz CT molecular complexity index is 1280. The molecule has 3 aromatic carbocycles. The predicted octanol–water partition coefficient (Wildman–Crippen LogP) is 4.73. The molecular weight excluding hydrogens is 488 g/mol. The van der Waals surface area contributed by atoms with Crippen LogP contribution in [0.15, 0.2) is 71.6 Å². The quantitative estimate of drug-likeness (QED) is 0.421. The third kappa shape index (κ3) is 6.75. The molecule has 0 aromatic heterocycles. The number of methoxy groups -OCH3 is 2. The van der Waals surface area contributed by atoms with Gasteiger partial charge in [0, 0.05) is 11.6 Å². The fourth-order valence-electron chi connectivity index (χ4n) is 3.65. The van der Waals surface area contributed by atoms with E-state index in [9.17, 15) is 13.2 Å². The number of benzene rings is 3. The Morgan fingerprint density at radius 1 is 1.00 bits per heavy atom. The van der Waals surface area contributed by atoms with Gasteiger partial charge in [-0.1, -0.05) is 47.5 Å². The molecule has 0 fully saturated rings. The van der Waals surface area contributed by atoms with Gasteiger partial charge in [0.1, 0.15) is 0 Å². The molecule has 0 bridgehead atoms. The molecule has 35 heavy (non-hydrogen) atoms. The molecule has 0 aliphatic heterocycles. The molecule has 0 spiro atoms. The van der Waals surface area contributed by atoms with Crippen LogP contribution in [0.2, 0.25) is 5.02 Å². The lowest BCUT2D eigenvalue weighted by atomic mass is 10.1. The van der Waals surface area contributed by atoms with Crippen LogP contribution in [0, 0.1) is 6.92 Å². The van der Waals surface area contributed by atoms with Crippen LogP contribution in [0.25, 0.3) is 0 Å². The fraction of sp³-hybridized carbons (Fsp3) is 0.269. The largest absolute Gasteiger partial charge is 0.493 e. The number of sulfonamides is 1. The standard InChI is InChI=1S/C26H29ClN2O5S/c1-18-6-5-7-20(14-18)16-29(35(31,32)23-11-9-22(27)10-12-23)17-26(30)28-19(2)21-8-13-24(33-3)25(15-21)34-4/h5-15,19H,16-17H2,1-4H3,(H,28,30)/t19-/m1/s1. The van der Waals surface area contributed by atoms with Crippen LogP contribution >= 0.6 is 11.6 Å². The van der Waals surface area contributed by atoms with Crippen molar-refractivity contribution < 1.29 is 22.7 Å². The van der Waals surface area contributed by atoms with Crippen molar-refractivity contribution in [3.8, 4) is 11.5 Å². The highest BCUT2D eigenvalue weighted by molar-refractivity contribution is 7.89. The number of halogens is 1. The van der Waals surface area contributed by atoms with Gasteiger partial charge in [0.15, 0.2) is 11.5 Å². The Kier molecular flexibility index (Phi) is 8.77. The van der Waals surface area contributed by atoms with E-state index in [0.717, 1.165) is 16.7 Å². The monoisotopic (exact) mass is 516 g/mol. The van der Waals surface area contributed by atoms with Gasteiger partial charge in [-0.3, -0.25) is 4.79 Å². The molecule has 0 unspecified atom stereocenters. The molecule has 186 valence electrons. The van der Waals surface area contributed by atoms with Gasteiger partial charge in [0.2, 0.25) is 15.9 Å². The lowest BCUT2D eigenvalue weighted by molar-refractivity contribution is -0.122. The van der Waals surface area contributed by atoms with Crippen molar-refractivity contribution in [3.63, 3.8) is 0 Å². The Labute approximate surface area is 211 Å². The minimum Gasteiger partial charge on any atom is -0.493 e. The Morgan fingerprint density at radius 2 is 1.69 bits per heavy atom. The summed E-state index contributed by atoms with van der Waals surface area (Å²) in [5.41, 5.74) is 2.57. The predicted molar refractivity (Wildman–Crippen MR) is 136 cm³/mol. The zero-order chi connectivity index (χ0) is 25.6. The van der Waals surface area contributed by atoms with E-state index in [4.69, 9.17) is 21.1 Å². The second-order valence-electron chi connectivity index (χ2n) is 8.12. The number of nitrogens with zero attached hydrogens (tertiary/aromatic N) is 1. The number of ether oxygens (including phenoxy) is 2. The van der Waals surface area contributed by atoms with E-state index in [0.29, 0.717) is 16.5 Å². The maximum atomic E-state index is 13.5. The van der Waals surface area contributed by atoms with Crippen molar-refractivity contribution in [1.29, 1.82) is 0 Å². The van der Waals surface area contributed by atoms with E-state index in [1.165, 1.54) is 35.7 Å². The van der Waals surface area contributed by atoms with E-state index in [2.05, 4.69) is 5.32 Å². The SMILES string of the molecule is COc1ccc([C@@H](C)NC(=O)CN(Cc2cccc(C)c2)S(=O)(=O)c2ccc(Cl)cc2)cc1OC. The average Bonchev–Trinajstić information content (AvgIpc) is 2.83. The second kappa shape index (κ2) is 11.6. The lowest BCUT2D eigenvalue weighted by Gasteiger charge is -2.24.